The third kappa shape index (κ3) is 2.78. The van der Waals surface area contributed by atoms with Crippen LogP contribution < -0.4 is 5.32 Å². The van der Waals surface area contributed by atoms with E-state index in [1.54, 1.807) is 0 Å². The Kier molecular flexibility index (Phi) is 3.88. The molecule has 1 saturated heterocycles. The maximum absolute atomic E-state index is 9.22. The molecule has 0 spiro atoms. The van der Waals surface area contributed by atoms with Crippen molar-refractivity contribution < 1.29 is 9.84 Å². The molecular weight excluding hydrogens is 204 g/mol. The van der Waals surface area contributed by atoms with Crippen molar-refractivity contribution in [2.75, 3.05) is 32.9 Å². The van der Waals surface area contributed by atoms with Gasteiger partial charge in [0.25, 0.3) is 0 Å². The molecule has 1 fully saturated rings. The second kappa shape index (κ2) is 5.39. The summed E-state index contributed by atoms with van der Waals surface area (Å²) in [5.41, 5.74) is 1.06. The fourth-order valence-corrected chi connectivity index (χ4v) is 1.76. The highest BCUT2D eigenvalue weighted by Gasteiger charge is 2.37. The highest BCUT2D eigenvalue weighted by molar-refractivity contribution is 5.03. The van der Waals surface area contributed by atoms with Gasteiger partial charge in [-0.15, -0.1) is 0 Å². The lowest BCUT2D eigenvalue weighted by Crippen LogP contribution is -2.52. The van der Waals surface area contributed by atoms with Gasteiger partial charge in [-0.1, -0.05) is 6.07 Å². The molecule has 0 aliphatic carbocycles. The fourth-order valence-electron chi connectivity index (χ4n) is 1.76. The maximum Gasteiger partial charge on any atom is 0.0579 e. The Bertz CT molecular complexity index is 307. The highest BCUT2D eigenvalue weighted by Crippen LogP contribution is 2.25. The number of rotatable bonds is 6. The molecule has 2 N–H and O–H groups in total. The van der Waals surface area contributed by atoms with E-state index in [-0.39, 0.29) is 12.0 Å². The summed E-state index contributed by atoms with van der Waals surface area (Å²) < 4.78 is 5.13. The molecule has 0 aromatic carbocycles. The normalized spacial score (nSPS) is 18.1. The average Bonchev–Trinajstić information content (AvgIpc) is 2.29. The van der Waals surface area contributed by atoms with Gasteiger partial charge in [-0.25, -0.2) is 0 Å². The summed E-state index contributed by atoms with van der Waals surface area (Å²) in [4.78, 5) is 4.25. The van der Waals surface area contributed by atoms with Crippen LogP contribution >= 0.6 is 0 Å². The third-order valence-electron chi connectivity index (χ3n) is 2.94. The molecule has 0 amide bonds. The standard InChI is InChI=1S/C12H18N2O2/c15-8-12(9-16-10-12)7-13-6-4-11-3-1-2-5-14-11/h1-3,5,13,15H,4,6-10H2. The number of aromatic nitrogens is 1. The van der Waals surface area contributed by atoms with Crippen LogP contribution in [0.3, 0.4) is 0 Å². The van der Waals surface area contributed by atoms with Crippen molar-refractivity contribution in [1.29, 1.82) is 0 Å². The van der Waals surface area contributed by atoms with E-state index >= 15 is 0 Å². The number of hydrogen-bond donors (Lipinski definition) is 2. The smallest absolute Gasteiger partial charge is 0.0579 e. The van der Waals surface area contributed by atoms with E-state index in [2.05, 4.69) is 10.3 Å². The minimum Gasteiger partial charge on any atom is -0.396 e. The Morgan fingerprint density at radius 3 is 2.88 bits per heavy atom. The molecule has 88 valence electrons. The van der Waals surface area contributed by atoms with Gasteiger partial charge in [-0.3, -0.25) is 4.98 Å². The third-order valence-corrected chi connectivity index (χ3v) is 2.94. The van der Waals surface area contributed by atoms with Crippen LogP contribution in [0.2, 0.25) is 0 Å². The molecule has 2 rings (SSSR count). The lowest BCUT2D eigenvalue weighted by Gasteiger charge is -2.40. The van der Waals surface area contributed by atoms with Crippen molar-refractivity contribution in [3.8, 4) is 0 Å². The number of hydrogen-bond acceptors (Lipinski definition) is 4. The van der Waals surface area contributed by atoms with Gasteiger partial charge in [0.2, 0.25) is 0 Å². The van der Waals surface area contributed by atoms with E-state index in [0.29, 0.717) is 13.2 Å². The molecule has 0 atom stereocenters. The molecule has 4 heteroatoms. The van der Waals surface area contributed by atoms with Gasteiger partial charge in [-0.2, -0.15) is 0 Å². The number of nitrogens with one attached hydrogen (secondary N) is 1. The quantitative estimate of drug-likeness (QED) is 0.676. The summed E-state index contributed by atoms with van der Waals surface area (Å²) >= 11 is 0. The number of ether oxygens (including phenoxy) is 1. The molecule has 0 bridgehead atoms. The van der Waals surface area contributed by atoms with Crippen molar-refractivity contribution >= 4 is 0 Å². The molecule has 1 aromatic rings. The van der Waals surface area contributed by atoms with Crippen molar-refractivity contribution in [2.45, 2.75) is 6.42 Å². The van der Waals surface area contributed by atoms with Gasteiger partial charge in [0.1, 0.15) is 0 Å². The van der Waals surface area contributed by atoms with E-state index in [9.17, 15) is 5.11 Å². The Hall–Kier alpha value is -0.970. The predicted molar refractivity (Wildman–Crippen MR) is 61.1 cm³/mol. The molecule has 1 aliphatic rings. The van der Waals surface area contributed by atoms with Gasteiger partial charge in [0.05, 0.1) is 25.2 Å². The Morgan fingerprint density at radius 2 is 2.31 bits per heavy atom. The van der Waals surface area contributed by atoms with Crippen molar-refractivity contribution in [1.82, 2.24) is 10.3 Å². The SMILES string of the molecule is OCC1(CNCCc2ccccn2)COC1. The van der Waals surface area contributed by atoms with Crippen molar-refractivity contribution in [2.24, 2.45) is 5.41 Å². The van der Waals surface area contributed by atoms with Gasteiger partial charge in [0, 0.05) is 31.4 Å². The van der Waals surface area contributed by atoms with Crippen LogP contribution in [0.15, 0.2) is 24.4 Å². The van der Waals surface area contributed by atoms with Crippen molar-refractivity contribution in [3.05, 3.63) is 30.1 Å². The van der Waals surface area contributed by atoms with E-state index in [1.807, 2.05) is 24.4 Å². The van der Waals surface area contributed by atoms with Crippen LogP contribution in [-0.2, 0) is 11.2 Å². The first-order valence-corrected chi connectivity index (χ1v) is 5.64. The second-order valence-corrected chi connectivity index (χ2v) is 4.40. The molecule has 1 aliphatic heterocycles. The number of aliphatic hydroxyl groups is 1. The summed E-state index contributed by atoms with van der Waals surface area (Å²) in [6.07, 6.45) is 2.73. The Balaban J connectivity index is 1.65. The Morgan fingerprint density at radius 1 is 1.44 bits per heavy atom. The van der Waals surface area contributed by atoms with Gasteiger partial charge < -0.3 is 15.2 Å². The number of aliphatic hydroxyl groups excluding tert-OH is 1. The molecule has 0 saturated carbocycles. The first kappa shape index (κ1) is 11.5. The second-order valence-electron chi connectivity index (χ2n) is 4.40. The van der Waals surface area contributed by atoms with E-state index < -0.39 is 0 Å². The number of nitrogens with zero attached hydrogens (tertiary/aromatic N) is 1. The summed E-state index contributed by atoms with van der Waals surface area (Å²) in [5.74, 6) is 0. The van der Waals surface area contributed by atoms with E-state index in [4.69, 9.17) is 4.74 Å². The summed E-state index contributed by atoms with van der Waals surface area (Å²) in [6.45, 7) is 3.23. The van der Waals surface area contributed by atoms with Gasteiger partial charge in [-0.05, 0) is 12.1 Å². The first-order valence-electron chi connectivity index (χ1n) is 5.64. The maximum atomic E-state index is 9.22. The molecule has 0 unspecified atom stereocenters. The Labute approximate surface area is 95.7 Å². The topological polar surface area (TPSA) is 54.4 Å². The monoisotopic (exact) mass is 222 g/mol. The van der Waals surface area contributed by atoms with Gasteiger partial charge >= 0.3 is 0 Å². The molecular formula is C12H18N2O2. The van der Waals surface area contributed by atoms with Crippen LogP contribution in [0, 0.1) is 5.41 Å². The molecule has 0 radical (unpaired) electrons. The zero-order valence-electron chi connectivity index (χ0n) is 9.35. The lowest BCUT2D eigenvalue weighted by molar-refractivity contribution is -0.134. The average molecular weight is 222 g/mol. The minimum atomic E-state index is -0.0376. The number of pyridine rings is 1. The fraction of sp³-hybridized carbons (Fsp3) is 0.583. The largest absolute Gasteiger partial charge is 0.396 e. The lowest BCUT2D eigenvalue weighted by atomic mass is 9.87. The minimum absolute atomic E-state index is 0.0376. The molecule has 1 aromatic heterocycles. The zero-order valence-corrected chi connectivity index (χ0v) is 9.35. The first-order chi connectivity index (χ1) is 7.85. The van der Waals surface area contributed by atoms with Crippen LogP contribution in [0.1, 0.15) is 5.69 Å². The zero-order chi connectivity index (χ0) is 11.3. The summed E-state index contributed by atoms with van der Waals surface area (Å²) in [6, 6.07) is 5.94. The molecule has 4 nitrogen and oxygen atoms in total. The molecule has 2 heterocycles. The van der Waals surface area contributed by atoms with Crippen LogP contribution in [0.5, 0.6) is 0 Å². The van der Waals surface area contributed by atoms with Gasteiger partial charge in [0.15, 0.2) is 0 Å². The van der Waals surface area contributed by atoms with E-state index in [0.717, 1.165) is 25.2 Å². The highest BCUT2D eigenvalue weighted by atomic mass is 16.5. The van der Waals surface area contributed by atoms with Crippen LogP contribution in [0.4, 0.5) is 0 Å². The summed E-state index contributed by atoms with van der Waals surface area (Å²) in [5, 5.41) is 12.6. The summed E-state index contributed by atoms with van der Waals surface area (Å²) in [7, 11) is 0. The van der Waals surface area contributed by atoms with Crippen LogP contribution in [-0.4, -0.2) is 43.0 Å². The molecule has 16 heavy (non-hydrogen) atoms. The van der Waals surface area contributed by atoms with E-state index in [1.165, 1.54) is 0 Å². The predicted octanol–water partition coefficient (Wildman–Crippen LogP) is 0.223. The van der Waals surface area contributed by atoms with Crippen LogP contribution in [0.25, 0.3) is 0 Å². The van der Waals surface area contributed by atoms with Crippen molar-refractivity contribution in [3.63, 3.8) is 0 Å².